The summed E-state index contributed by atoms with van der Waals surface area (Å²) in [5.74, 6) is -1.85. The molecule has 0 spiro atoms. The van der Waals surface area contributed by atoms with E-state index in [4.69, 9.17) is 11.6 Å². The summed E-state index contributed by atoms with van der Waals surface area (Å²) in [7, 11) is 0. The molecule has 1 aliphatic rings. The van der Waals surface area contributed by atoms with E-state index < -0.39 is 17.6 Å². The van der Waals surface area contributed by atoms with Gasteiger partial charge in [-0.25, -0.2) is 4.39 Å². The molecule has 2 N–H and O–H groups in total. The van der Waals surface area contributed by atoms with Gasteiger partial charge in [0.15, 0.2) is 0 Å². The predicted molar refractivity (Wildman–Crippen MR) is 86.6 cm³/mol. The molecule has 22 heavy (non-hydrogen) atoms. The lowest BCUT2D eigenvalue weighted by atomic mass is 9.96. The largest absolute Gasteiger partial charge is 0.353 e. The van der Waals surface area contributed by atoms with Crippen LogP contribution in [-0.2, 0) is 4.79 Å². The van der Waals surface area contributed by atoms with E-state index in [1.54, 1.807) is 13.0 Å². The zero-order valence-corrected chi connectivity index (χ0v) is 13.5. The first-order valence-electron chi connectivity index (χ1n) is 6.36. The fourth-order valence-electron chi connectivity index (χ4n) is 2.05. The van der Waals surface area contributed by atoms with Crippen molar-refractivity contribution in [3.63, 3.8) is 0 Å². The van der Waals surface area contributed by atoms with E-state index in [2.05, 4.69) is 10.6 Å². The average Bonchev–Trinajstić information content (AvgIpc) is 2.48. The van der Waals surface area contributed by atoms with Gasteiger partial charge in [-0.1, -0.05) is 11.6 Å². The highest BCUT2D eigenvalue weighted by Gasteiger charge is 2.28. The number of dihydropyridines is 1. The van der Waals surface area contributed by atoms with Gasteiger partial charge in [-0.2, -0.15) is 5.26 Å². The Bertz CT molecular complexity index is 724. The normalized spacial score (nSPS) is 17.4. The lowest BCUT2D eigenvalue weighted by molar-refractivity contribution is -0.117. The zero-order valence-electron chi connectivity index (χ0n) is 11.9. The number of halogens is 2. The Labute approximate surface area is 137 Å². The van der Waals surface area contributed by atoms with Crippen LogP contribution in [0.15, 0.2) is 40.6 Å². The van der Waals surface area contributed by atoms with Crippen LogP contribution < -0.4 is 10.6 Å². The van der Waals surface area contributed by atoms with E-state index in [9.17, 15) is 14.4 Å². The van der Waals surface area contributed by atoms with Crippen molar-refractivity contribution >= 4 is 35.0 Å². The maximum absolute atomic E-state index is 13.8. The van der Waals surface area contributed by atoms with Crippen LogP contribution in [0.1, 0.15) is 6.92 Å². The molecule has 1 aromatic carbocycles. The molecule has 0 saturated carbocycles. The smallest absolute Gasteiger partial charge is 0.236 e. The van der Waals surface area contributed by atoms with Crippen LogP contribution in [0.2, 0.25) is 5.02 Å². The lowest BCUT2D eigenvalue weighted by Crippen LogP contribution is -2.29. The Morgan fingerprint density at radius 1 is 1.55 bits per heavy atom. The molecule has 1 unspecified atom stereocenters. The van der Waals surface area contributed by atoms with E-state index >= 15 is 0 Å². The van der Waals surface area contributed by atoms with Gasteiger partial charge in [0.05, 0.1) is 28.3 Å². The Kier molecular flexibility index (Phi) is 5.11. The van der Waals surface area contributed by atoms with Crippen LogP contribution in [0.4, 0.5) is 10.1 Å². The Morgan fingerprint density at radius 2 is 2.27 bits per heavy atom. The molecule has 0 bridgehead atoms. The third-order valence-electron chi connectivity index (χ3n) is 3.08. The van der Waals surface area contributed by atoms with E-state index in [1.165, 1.54) is 23.9 Å². The van der Waals surface area contributed by atoms with Gasteiger partial charge in [0.1, 0.15) is 5.82 Å². The molecule has 1 heterocycles. The van der Waals surface area contributed by atoms with Gasteiger partial charge in [0.2, 0.25) is 5.91 Å². The number of amides is 1. The number of rotatable bonds is 3. The van der Waals surface area contributed by atoms with Crippen molar-refractivity contribution in [3.8, 4) is 6.07 Å². The number of allylic oxidation sites excluding steroid dienone is 1. The molecule has 1 aliphatic heterocycles. The fourth-order valence-corrected chi connectivity index (χ4v) is 2.87. The van der Waals surface area contributed by atoms with Gasteiger partial charge in [-0.05, 0) is 37.5 Å². The maximum atomic E-state index is 13.8. The van der Waals surface area contributed by atoms with E-state index in [0.29, 0.717) is 10.6 Å². The minimum absolute atomic E-state index is 0.0296. The minimum Gasteiger partial charge on any atom is -0.353 e. The van der Waals surface area contributed by atoms with Gasteiger partial charge in [0, 0.05) is 10.7 Å². The second-order valence-electron chi connectivity index (χ2n) is 4.62. The van der Waals surface area contributed by atoms with E-state index in [1.807, 2.05) is 12.3 Å². The SMILES string of the molecule is CSC1=C(C#N)C(C(=O)Nc2ccc(Cl)cc2F)C=C(C)N1. The number of anilines is 1. The summed E-state index contributed by atoms with van der Waals surface area (Å²) in [5, 5.41) is 15.7. The highest BCUT2D eigenvalue weighted by molar-refractivity contribution is 8.02. The summed E-state index contributed by atoms with van der Waals surface area (Å²) < 4.78 is 13.8. The van der Waals surface area contributed by atoms with Crippen molar-refractivity contribution in [3.05, 3.63) is 51.4 Å². The van der Waals surface area contributed by atoms with Crippen molar-refractivity contribution in [2.24, 2.45) is 5.92 Å². The summed E-state index contributed by atoms with van der Waals surface area (Å²) >= 11 is 7.03. The number of hydrogen-bond acceptors (Lipinski definition) is 4. The molecule has 0 aromatic heterocycles. The van der Waals surface area contributed by atoms with Crippen LogP contribution >= 0.6 is 23.4 Å². The van der Waals surface area contributed by atoms with Gasteiger partial charge in [-0.3, -0.25) is 4.79 Å². The third-order valence-corrected chi connectivity index (χ3v) is 4.04. The first kappa shape index (κ1) is 16.4. The van der Waals surface area contributed by atoms with Crippen LogP contribution in [0, 0.1) is 23.1 Å². The summed E-state index contributed by atoms with van der Waals surface area (Å²) in [6, 6.07) is 6.03. The molecule has 1 aromatic rings. The highest BCUT2D eigenvalue weighted by Crippen LogP contribution is 2.29. The first-order chi connectivity index (χ1) is 10.5. The molecular weight excluding hydrogens is 325 g/mol. The third kappa shape index (κ3) is 3.43. The number of nitrogens with one attached hydrogen (secondary N) is 2. The number of carbonyl (C=O) groups excluding carboxylic acids is 1. The number of nitriles is 1. The molecule has 2 rings (SSSR count). The Morgan fingerprint density at radius 3 is 2.86 bits per heavy atom. The molecule has 7 heteroatoms. The fraction of sp³-hybridized carbons (Fsp3) is 0.200. The van der Waals surface area contributed by atoms with Crippen LogP contribution in [0.5, 0.6) is 0 Å². The number of benzene rings is 1. The quantitative estimate of drug-likeness (QED) is 0.883. The molecule has 1 amide bonds. The standard InChI is InChI=1S/C15H13ClFN3OS/c1-8-5-10(11(7-18)15(19-8)22-2)14(21)20-13-4-3-9(16)6-12(13)17/h3-6,10,19H,1-2H3,(H,20,21). The predicted octanol–water partition coefficient (Wildman–Crippen LogP) is 3.64. The Balaban J connectivity index is 2.29. The molecule has 4 nitrogen and oxygen atoms in total. The molecule has 0 saturated heterocycles. The Hall–Kier alpha value is -1.97. The van der Waals surface area contributed by atoms with Gasteiger partial charge in [-0.15, -0.1) is 11.8 Å². The summed E-state index contributed by atoms with van der Waals surface area (Å²) in [6.45, 7) is 1.80. The maximum Gasteiger partial charge on any atom is 0.236 e. The monoisotopic (exact) mass is 337 g/mol. The minimum atomic E-state index is -0.760. The van der Waals surface area contributed by atoms with Crippen molar-refractivity contribution in [1.29, 1.82) is 5.26 Å². The van der Waals surface area contributed by atoms with Gasteiger partial charge >= 0.3 is 0 Å². The average molecular weight is 338 g/mol. The summed E-state index contributed by atoms with van der Waals surface area (Å²) in [6.07, 6.45) is 3.45. The molecule has 0 aliphatic carbocycles. The summed E-state index contributed by atoms with van der Waals surface area (Å²) in [5.41, 5.74) is 1.10. The van der Waals surface area contributed by atoms with Crippen molar-refractivity contribution in [1.82, 2.24) is 5.32 Å². The molecule has 1 atom stereocenters. The van der Waals surface area contributed by atoms with Crippen LogP contribution in [0.3, 0.4) is 0 Å². The number of hydrogen-bond donors (Lipinski definition) is 2. The van der Waals surface area contributed by atoms with Crippen molar-refractivity contribution < 1.29 is 9.18 Å². The molecule has 114 valence electrons. The molecule has 0 radical (unpaired) electrons. The number of carbonyl (C=O) groups is 1. The summed E-state index contributed by atoms with van der Waals surface area (Å²) in [4.78, 5) is 12.4. The number of thioether (sulfide) groups is 1. The van der Waals surface area contributed by atoms with Crippen LogP contribution in [-0.4, -0.2) is 12.2 Å². The van der Waals surface area contributed by atoms with Gasteiger partial charge in [0.25, 0.3) is 0 Å². The second-order valence-corrected chi connectivity index (χ2v) is 5.88. The topological polar surface area (TPSA) is 64.9 Å². The zero-order chi connectivity index (χ0) is 16.3. The van der Waals surface area contributed by atoms with E-state index in [-0.39, 0.29) is 10.7 Å². The number of nitrogens with zero attached hydrogens (tertiary/aromatic N) is 1. The second kappa shape index (κ2) is 6.86. The molecule has 0 fully saturated rings. The van der Waals surface area contributed by atoms with E-state index in [0.717, 1.165) is 11.8 Å². The first-order valence-corrected chi connectivity index (χ1v) is 7.96. The lowest BCUT2D eigenvalue weighted by Gasteiger charge is -2.22. The molecular formula is C15H13ClFN3OS. The van der Waals surface area contributed by atoms with Crippen molar-refractivity contribution in [2.75, 3.05) is 11.6 Å². The highest BCUT2D eigenvalue weighted by atomic mass is 35.5. The van der Waals surface area contributed by atoms with Crippen molar-refractivity contribution in [2.45, 2.75) is 6.92 Å². The van der Waals surface area contributed by atoms with Crippen LogP contribution in [0.25, 0.3) is 0 Å². The van der Waals surface area contributed by atoms with Gasteiger partial charge < -0.3 is 10.6 Å².